The van der Waals surface area contributed by atoms with Gasteiger partial charge in [-0.3, -0.25) is 4.79 Å². The van der Waals surface area contributed by atoms with E-state index in [1.54, 1.807) is 0 Å². The molecule has 4 heteroatoms. The van der Waals surface area contributed by atoms with E-state index in [0.29, 0.717) is 12.5 Å². The van der Waals surface area contributed by atoms with E-state index < -0.39 is 6.10 Å². The van der Waals surface area contributed by atoms with Crippen molar-refractivity contribution in [1.29, 1.82) is 0 Å². The highest BCUT2D eigenvalue weighted by Gasteiger charge is 2.29. The maximum Gasteiger partial charge on any atom is 0.263 e. The molecule has 0 aliphatic carbocycles. The predicted molar refractivity (Wildman–Crippen MR) is 99.5 cm³/mol. The molecule has 132 valence electrons. The van der Waals surface area contributed by atoms with Crippen LogP contribution in [-0.4, -0.2) is 36.5 Å². The van der Waals surface area contributed by atoms with Gasteiger partial charge in [0.05, 0.1) is 0 Å². The van der Waals surface area contributed by atoms with Gasteiger partial charge in [-0.1, -0.05) is 48.5 Å². The van der Waals surface area contributed by atoms with Crippen LogP contribution in [0.3, 0.4) is 0 Å². The minimum atomic E-state index is -0.492. The average molecular weight is 338 g/mol. The fourth-order valence-electron chi connectivity index (χ4n) is 3.30. The van der Waals surface area contributed by atoms with Crippen LogP contribution in [0, 0.1) is 5.92 Å². The Hall–Kier alpha value is -2.33. The Balaban J connectivity index is 1.67. The van der Waals surface area contributed by atoms with Crippen LogP contribution in [0.5, 0.6) is 5.75 Å². The number of hydrogen-bond acceptors (Lipinski definition) is 3. The Bertz CT molecular complexity index is 702. The van der Waals surface area contributed by atoms with E-state index in [2.05, 4.69) is 18.2 Å². The largest absolute Gasteiger partial charge is 0.481 e. The fourth-order valence-corrected chi connectivity index (χ4v) is 3.30. The smallest absolute Gasteiger partial charge is 0.263 e. The van der Waals surface area contributed by atoms with Gasteiger partial charge in [-0.25, -0.2) is 0 Å². The normalized spacial score (nSPS) is 18.2. The molecular formula is C21H26N2O2. The molecule has 1 aliphatic heterocycles. The summed E-state index contributed by atoms with van der Waals surface area (Å²) in [7, 11) is 0. The molecule has 0 bridgehead atoms. The van der Waals surface area contributed by atoms with E-state index in [1.165, 1.54) is 5.56 Å². The lowest BCUT2D eigenvalue weighted by molar-refractivity contribution is -0.137. The highest BCUT2D eigenvalue weighted by Crippen LogP contribution is 2.24. The van der Waals surface area contributed by atoms with Gasteiger partial charge in [-0.15, -0.1) is 0 Å². The van der Waals surface area contributed by atoms with Crippen molar-refractivity contribution in [3.8, 4) is 5.75 Å². The summed E-state index contributed by atoms with van der Waals surface area (Å²) < 4.78 is 6.04. The first-order chi connectivity index (χ1) is 12.2. The predicted octanol–water partition coefficient (Wildman–Crippen LogP) is 2.85. The van der Waals surface area contributed by atoms with E-state index in [-0.39, 0.29) is 5.91 Å². The van der Waals surface area contributed by atoms with Crippen LogP contribution in [0.1, 0.15) is 24.5 Å². The quantitative estimate of drug-likeness (QED) is 0.881. The summed E-state index contributed by atoms with van der Waals surface area (Å²) in [5, 5.41) is 0. The summed E-state index contributed by atoms with van der Waals surface area (Å²) in [5.74, 6) is 1.24. The Kier molecular flexibility index (Phi) is 5.71. The number of nitrogens with zero attached hydrogens (tertiary/aromatic N) is 1. The molecule has 2 aromatic rings. The van der Waals surface area contributed by atoms with Gasteiger partial charge in [0.2, 0.25) is 0 Å². The Morgan fingerprint density at radius 1 is 1.20 bits per heavy atom. The maximum atomic E-state index is 12.6. The molecule has 25 heavy (non-hydrogen) atoms. The molecule has 4 nitrogen and oxygen atoms in total. The first-order valence-corrected chi connectivity index (χ1v) is 8.94. The molecule has 2 atom stereocenters. The Morgan fingerprint density at radius 3 is 2.64 bits per heavy atom. The van der Waals surface area contributed by atoms with Crippen LogP contribution >= 0.6 is 0 Å². The third-order valence-corrected chi connectivity index (χ3v) is 4.79. The number of benzene rings is 2. The van der Waals surface area contributed by atoms with Crippen molar-refractivity contribution in [3.63, 3.8) is 0 Å². The highest BCUT2D eigenvalue weighted by molar-refractivity contribution is 5.81. The Morgan fingerprint density at radius 2 is 1.92 bits per heavy atom. The van der Waals surface area contributed by atoms with E-state index in [0.717, 1.165) is 37.2 Å². The first-order valence-electron chi connectivity index (χ1n) is 8.94. The summed E-state index contributed by atoms with van der Waals surface area (Å²) >= 11 is 0. The maximum absolute atomic E-state index is 12.6. The van der Waals surface area contributed by atoms with Crippen LogP contribution in [0.4, 0.5) is 0 Å². The van der Waals surface area contributed by atoms with Gasteiger partial charge in [0.25, 0.3) is 5.91 Å². The number of nitrogens with two attached hydrogens (primary N) is 1. The number of hydrogen-bond donors (Lipinski definition) is 1. The van der Waals surface area contributed by atoms with Gasteiger partial charge < -0.3 is 15.4 Å². The second-order valence-corrected chi connectivity index (χ2v) is 6.70. The third kappa shape index (κ3) is 4.40. The first kappa shape index (κ1) is 17.5. The van der Waals surface area contributed by atoms with Crippen LogP contribution in [0.15, 0.2) is 54.6 Å². The van der Waals surface area contributed by atoms with Crippen molar-refractivity contribution < 1.29 is 9.53 Å². The van der Waals surface area contributed by atoms with Crippen LogP contribution in [0.2, 0.25) is 0 Å². The molecule has 0 spiro atoms. The Labute approximate surface area is 149 Å². The third-order valence-electron chi connectivity index (χ3n) is 4.79. The van der Waals surface area contributed by atoms with Crippen LogP contribution in [-0.2, 0) is 11.2 Å². The second-order valence-electron chi connectivity index (χ2n) is 6.70. The molecule has 2 aromatic carbocycles. The van der Waals surface area contributed by atoms with Crippen molar-refractivity contribution in [1.82, 2.24) is 4.90 Å². The van der Waals surface area contributed by atoms with Gasteiger partial charge in [-0.2, -0.15) is 0 Å². The van der Waals surface area contributed by atoms with Gasteiger partial charge >= 0.3 is 0 Å². The number of carbonyl (C=O) groups is 1. The fraction of sp³-hybridized carbons (Fsp3) is 0.381. The molecule has 0 saturated carbocycles. The zero-order valence-corrected chi connectivity index (χ0v) is 14.7. The number of amides is 1. The summed E-state index contributed by atoms with van der Waals surface area (Å²) in [6.45, 7) is 3.99. The molecule has 1 aliphatic rings. The van der Waals surface area contributed by atoms with Gasteiger partial charge in [0.15, 0.2) is 6.10 Å². The molecule has 0 unspecified atom stereocenters. The molecule has 0 radical (unpaired) electrons. The molecule has 1 fully saturated rings. The topological polar surface area (TPSA) is 55.6 Å². The van der Waals surface area contributed by atoms with Crippen molar-refractivity contribution in [2.45, 2.75) is 25.9 Å². The number of ether oxygens (including phenoxy) is 1. The van der Waals surface area contributed by atoms with E-state index in [9.17, 15) is 4.79 Å². The van der Waals surface area contributed by atoms with Crippen LogP contribution in [0.25, 0.3) is 0 Å². The average Bonchev–Trinajstić information content (AvgIpc) is 3.12. The number of para-hydroxylation sites is 1. The molecule has 3 rings (SSSR count). The zero-order valence-electron chi connectivity index (χ0n) is 14.7. The van der Waals surface area contributed by atoms with E-state index >= 15 is 0 Å². The van der Waals surface area contributed by atoms with E-state index in [4.69, 9.17) is 10.5 Å². The number of rotatable bonds is 6. The monoisotopic (exact) mass is 338 g/mol. The highest BCUT2D eigenvalue weighted by atomic mass is 16.5. The number of likely N-dealkylation sites (tertiary alicyclic amines) is 1. The van der Waals surface area contributed by atoms with E-state index in [1.807, 2.05) is 48.2 Å². The second kappa shape index (κ2) is 8.17. The molecule has 1 heterocycles. The van der Waals surface area contributed by atoms with Gasteiger partial charge in [0, 0.05) is 19.5 Å². The summed E-state index contributed by atoms with van der Waals surface area (Å²) in [4.78, 5) is 14.5. The summed E-state index contributed by atoms with van der Waals surface area (Å²) in [6, 6.07) is 18.2. The summed E-state index contributed by atoms with van der Waals surface area (Å²) in [5.41, 5.74) is 8.04. The van der Waals surface area contributed by atoms with Crippen LogP contribution < -0.4 is 10.5 Å². The van der Waals surface area contributed by atoms with Gasteiger partial charge in [-0.05, 0) is 43.0 Å². The summed E-state index contributed by atoms with van der Waals surface area (Å²) in [6.07, 6.45) is 1.28. The van der Waals surface area contributed by atoms with Crippen molar-refractivity contribution >= 4 is 5.91 Å². The van der Waals surface area contributed by atoms with Crippen molar-refractivity contribution in [2.75, 3.05) is 19.6 Å². The van der Waals surface area contributed by atoms with Crippen molar-refractivity contribution in [2.24, 2.45) is 11.7 Å². The zero-order chi connectivity index (χ0) is 17.6. The van der Waals surface area contributed by atoms with Crippen molar-refractivity contribution in [3.05, 3.63) is 65.7 Å². The lowest BCUT2D eigenvalue weighted by atomic mass is 10.0. The molecule has 1 amide bonds. The minimum absolute atomic E-state index is 0.0467. The number of carbonyl (C=O) groups excluding carboxylic acids is 1. The SMILES string of the molecule is C[C@H](Oc1ccccc1Cc1ccccc1)C(=O)N1CC[C@@H](CN)C1. The molecule has 0 aromatic heterocycles. The standard InChI is InChI=1S/C21H26N2O2/c1-16(21(24)23-12-11-18(14-22)15-23)25-20-10-6-5-9-19(20)13-17-7-3-2-4-8-17/h2-10,16,18H,11-15,22H2,1H3/t16-,18-/m0/s1. The minimum Gasteiger partial charge on any atom is -0.481 e. The van der Waals surface area contributed by atoms with Gasteiger partial charge in [0.1, 0.15) is 5.75 Å². The molecule has 1 saturated heterocycles. The molecular weight excluding hydrogens is 312 g/mol. The lowest BCUT2D eigenvalue weighted by Crippen LogP contribution is -2.39. The molecule has 2 N–H and O–H groups in total. The lowest BCUT2D eigenvalue weighted by Gasteiger charge is -2.23.